The second-order valence-electron chi connectivity index (χ2n) is 7.47. The van der Waals surface area contributed by atoms with E-state index in [4.69, 9.17) is 9.26 Å². The Bertz CT molecular complexity index is 770. The third-order valence-corrected chi connectivity index (χ3v) is 5.56. The number of rotatable bonds is 4. The lowest BCUT2D eigenvalue weighted by molar-refractivity contribution is -0.0698. The van der Waals surface area contributed by atoms with E-state index in [-0.39, 0.29) is 11.4 Å². The summed E-state index contributed by atoms with van der Waals surface area (Å²) in [5.74, 6) is 1.75. The molecular formula is C19H24N4O3. The molecule has 2 aromatic rings. The smallest absolute Gasteiger partial charge is 0.276 e. The van der Waals surface area contributed by atoms with Gasteiger partial charge in [0.2, 0.25) is 5.88 Å². The van der Waals surface area contributed by atoms with Gasteiger partial charge in [0.15, 0.2) is 5.69 Å². The first-order valence-corrected chi connectivity index (χ1v) is 9.03. The average molecular weight is 356 g/mol. The molecule has 1 atom stereocenters. The lowest BCUT2D eigenvalue weighted by Gasteiger charge is -2.58. The summed E-state index contributed by atoms with van der Waals surface area (Å²) in [5.41, 5.74) is 0.441. The Morgan fingerprint density at radius 3 is 2.96 bits per heavy atom. The molecule has 2 fully saturated rings. The molecule has 0 unspecified atom stereocenters. The lowest BCUT2D eigenvalue weighted by Crippen LogP contribution is -2.72. The Kier molecular flexibility index (Phi) is 4.40. The van der Waals surface area contributed by atoms with E-state index in [2.05, 4.69) is 22.1 Å². The monoisotopic (exact) mass is 356 g/mol. The zero-order chi connectivity index (χ0) is 18.1. The van der Waals surface area contributed by atoms with Gasteiger partial charge in [-0.1, -0.05) is 11.2 Å². The third kappa shape index (κ3) is 3.19. The third-order valence-electron chi connectivity index (χ3n) is 5.56. The van der Waals surface area contributed by atoms with E-state index in [1.807, 2.05) is 23.1 Å². The van der Waals surface area contributed by atoms with Gasteiger partial charge in [-0.05, 0) is 45.3 Å². The van der Waals surface area contributed by atoms with E-state index in [1.165, 1.54) is 0 Å². The predicted octanol–water partition coefficient (Wildman–Crippen LogP) is 1.99. The molecule has 138 valence electrons. The van der Waals surface area contributed by atoms with Crippen LogP contribution in [0.15, 0.2) is 35.0 Å². The molecule has 0 aliphatic carbocycles. The topological polar surface area (TPSA) is 71.7 Å². The van der Waals surface area contributed by atoms with Crippen LogP contribution in [0.3, 0.4) is 0 Å². The van der Waals surface area contributed by atoms with Gasteiger partial charge >= 0.3 is 0 Å². The fourth-order valence-corrected chi connectivity index (χ4v) is 3.99. The number of nitrogens with zero attached hydrogens (tertiary/aromatic N) is 4. The molecule has 0 N–H and O–H groups in total. The highest BCUT2D eigenvalue weighted by Crippen LogP contribution is 2.38. The van der Waals surface area contributed by atoms with E-state index in [0.717, 1.165) is 32.5 Å². The van der Waals surface area contributed by atoms with Gasteiger partial charge in [0, 0.05) is 31.4 Å². The minimum absolute atomic E-state index is 0.0465. The van der Waals surface area contributed by atoms with Crippen molar-refractivity contribution in [2.24, 2.45) is 5.92 Å². The second kappa shape index (κ2) is 6.72. The summed E-state index contributed by atoms with van der Waals surface area (Å²) in [6, 6.07) is 7.39. The van der Waals surface area contributed by atoms with E-state index < -0.39 is 0 Å². The summed E-state index contributed by atoms with van der Waals surface area (Å²) >= 11 is 0. The number of pyridine rings is 1. The van der Waals surface area contributed by atoms with Crippen molar-refractivity contribution in [3.05, 3.63) is 41.9 Å². The van der Waals surface area contributed by atoms with Crippen molar-refractivity contribution in [3.8, 4) is 5.88 Å². The van der Waals surface area contributed by atoms with Crippen molar-refractivity contribution >= 4 is 5.91 Å². The first-order chi connectivity index (χ1) is 12.6. The van der Waals surface area contributed by atoms with Crippen LogP contribution in [0.1, 0.15) is 29.1 Å². The predicted molar refractivity (Wildman–Crippen MR) is 95.0 cm³/mol. The summed E-state index contributed by atoms with van der Waals surface area (Å²) in [5, 5.41) is 3.84. The number of piperidine rings is 1. The molecule has 2 aliphatic rings. The van der Waals surface area contributed by atoms with E-state index in [1.54, 1.807) is 19.2 Å². The molecule has 4 rings (SSSR count). The summed E-state index contributed by atoms with van der Waals surface area (Å²) in [7, 11) is 2.15. The number of carbonyl (C=O) groups is 1. The van der Waals surface area contributed by atoms with Gasteiger partial charge in [-0.25, -0.2) is 4.98 Å². The molecule has 4 heterocycles. The van der Waals surface area contributed by atoms with Gasteiger partial charge in [-0.3, -0.25) is 9.69 Å². The standard InChI is InChI=1S/C19H24N4O3/c1-14-9-16(21-26-14)18(24)23-12-19(13-23)10-15(6-8-22(19)2)11-25-17-5-3-4-7-20-17/h3-5,7,9,15H,6,8,10-13H2,1-2H3/t15-/m0/s1. The molecule has 7 heteroatoms. The molecule has 1 amide bonds. The highest BCUT2D eigenvalue weighted by molar-refractivity contribution is 5.93. The van der Waals surface area contributed by atoms with Crippen LogP contribution < -0.4 is 4.74 Å². The van der Waals surface area contributed by atoms with Crippen LogP contribution in [0, 0.1) is 12.8 Å². The van der Waals surface area contributed by atoms with E-state index >= 15 is 0 Å². The molecule has 2 saturated heterocycles. The van der Waals surface area contributed by atoms with E-state index in [9.17, 15) is 4.79 Å². The van der Waals surface area contributed by atoms with Crippen LogP contribution in [0.4, 0.5) is 0 Å². The molecule has 1 spiro atoms. The van der Waals surface area contributed by atoms with Gasteiger partial charge in [0.1, 0.15) is 5.76 Å². The molecule has 7 nitrogen and oxygen atoms in total. The number of likely N-dealkylation sites (tertiary alicyclic amines) is 2. The Labute approximate surface area is 152 Å². The second-order valence-corrected chi connectivity index (χ2v) is 7.47. The van der Waals surface area contributed by atoms with Crippen LogP contribution in [-0.2, 0) is 0 Å². The largest absolute Gasteiger partial charge is 0.477 e. The molecule has 0 aromatic carbocycles. The van der Waals surface area contributed by atoms with Gasteiger partial charge in [-0.2, -0.15) is 0 Å². The van der Waals surface area contributed by atoms with Gasteiger partial charge in [0.05, 0.1) is 12.1 Å². The summed E-state index contributed by atoms with van der Waals surface area (Å²) in [6.45, 7) is 4.94. The Morgan fingerprint density at radius 2 is 2.27 bits per heavy atom. The fourth-order valence-electron chi connectivity index (χ4n) is 3.99. The normalized spacial score (nSPS) is 22.2. The van der Waals surface area contributed by atoms with Crippen molar-refractivity contribution in [2.75, 3.05) is 33.3 Å². The maximum absolute atomic E-state index is 12.5. The van der Waals surface area contributed by atoms with Crippen molar-refractivity contribution in [1.82, 2.24) is 19.9 Å². The van der Waals surface area contributed by atoms with Gasteiger partial charge in [0.25, 0.3) is 5.91 Å². The number of carbonyl (C=O) groups excluding carboxylic acids is 1. The average Bonchev–Trinajstić information content (AvgIpc) is 3.06. The van der Waals surface area contributed by atoms with E-state index in [0.29, 0.717) is 29.9 Å². The van der Waals surface area contributed by atoms with Crippen molar-refractivity contribution < 1.29 is 14.1 Å². The van der Waals surface area contributed by atoms with Crippen LogP contribution >= 0.6 is 0 Å². The number of hydrogen-bond donors (Lipinski definition) is 0. The minimum Gasteiger partial charge on any atom is -0.477 e. The van der Waals surface area contributed by atoms with Crippen LogP contribution in [0.25, 0.3) is 0 Å². The quantitative estimate of drug-likeness (QED) is 0.834. The molecule has 2 aromatic heterocycles. The highest BCUT2D eigenvalue weighted by Gasteiger charge is 2.51. The molecular weight excluding hydrogens is 332 g/mol. The maximum atomic E-state index is 12.5. The molecule has 0 bridgehead atoms. The highest BCUT2D eigenvalue weighted by atomic mass is 16.5. The zero-order valence-electron chi connectivity index (χ0n) is 15.2. The maximum Gasteiger partial charge on any atom is 0.276 e. The number of hydrogen-bond acceptors (Lipinski definition) is 6. The summed E-state index contributed by atoms with van der Waals surface area (Å²) in [6.07, 6.45) is 3.87. The first kappa shape index (κ1) is 17.0. The number of aryl methyl sites for hydroxylation is 1. The van der Waals surface area contributed by atoms with Gasteiger partial charge < -0.3 is 14.2 Å². The number of amides is 1. The Hall–Kier alpha value is -2.41. The van der Waals surface area contributed by atoms with Gasteiger partial charge in [-0.15, -0.1) is 0 Å². The SMILES string of the molecule is Cc1cc(C(=O)N2CC3(C[C@@H](COc4ccccn4)CCN3C)C2)no1. The van der Waals surface area contributed by atoms with Crippen molar-refractivity contribution in [3.63, 3.8) is 0 Å². The number of likely N-dealkylation sites (N-methyl/N-ethyl adjacent to an activating group) is 1. The molecule has 2 aliphatic heterocycles. The fraction of sp³-hybridized carbons (Fsp3) is 0.526. The molecule has 0 radical (unpaired) electrons. The molecule has 26 heavy (non-hydrogen) atoms. The lowest BCUT2D eigenvalue weighted by atomic mass is 9.75. The number of ether oxygens (including phenoxy) is 1. The van der Waals surface area contributed by atoms with Crippen LogP contribution in [0.2, 0.25) is 0 Å². The molecule has 0 saturated carbocycles. The van der Waals surface area contributed by atoms with Crippen molar-refractivity contribution in [2.45, 2.75) is 25.3 Å². The summed E-state index contributed by atoms with van der Waals surface area (Å²) in [4.78, 5) is 21.0. The van der Waals surface area contributed by atoms with Crippen LogP contribution in [0.5, 0.6) is 5.88 Å². The Morgan fingerprint density at radius 1 is 1.42 bits per heavy atom. The first-order valence-electron chi connectivity index (χ1n) is 9.03. The Balaban J connectivity index is 1.35. The summed E-state index contributed by atoms with van der Waals surface area (Å²) < 4.78 is 10.9. The van der Waals surface area contributed by atoms with Crippen molar-refractivity contribution in [1.29, 1.82) is 0 Å². The number of aromatic nitrogens is 2. The minimum atomic E-state index is -0.0484. The van der Waals surface area contributed by atoms with Crippen LogP contribution in [-0.4, -0.2) is 64.7 Å². The zero-order valence-corrected chi connectivity index (χ0v) is 15.2.